The maximum atomic E-state index is 5.94. The van der Waals surface area contributed by atoms with Crippen LogP contribution in [0.1, 0.15) is 12.0 Å². The van der Waals surface area contributed by atoms with Gasteiger partial charge in [0.2, 0.25) is 0 Å². The van der Waals surface area contributed by atoms with Crippen LogP contribution in [0.5, 0.6) is 0 Å². The van der Waals surface area contributed by atoms with Crippen molar-refractivity contribution in [3.63, 3.8) is 0 Å². The van der Waals surface area contributed by atoms with E-state index in [0.29, 0.717) is 34.5 Å². The summed E-state index contributed by atoms with van der Waals surface area (Å²) in [6.07, 6.45) is 0.700. The minimum Gasteiger partial charge on any atom is -0.395 e. The molecule has 16 heavy (non-hydrogen) atoms. The van der Waals surface area contributed by atoms with Crippen molar-refractivity contribution in [3.8, 4) is 0 Å². The maximum absolute atomic E-state index is 5.94. The first-order chi connectivity index (χ1) is 7.66. The van der Waals surface area contributed by atoms with Gasteiger partial charge in [0.1, 0.15) is 6.61 Å². The van der Waals surface area contributed by atoms with E-state index >= 15 is 0 Å². The molecule has 0 aliphatic carbocycles. The standard InChI is InChI=1S/C10H9Cl4NO/c11-5-2-6-16-15-10(14)9-7(12)3-1-4-8(9)13/h1,3-4H,2,5-6H2/b15-10+. The maximum Gasteiger partial charge on any atom is 0.178 e. The van der Waals surface area contributed by atoms with Crippen LogP contribution >= 0.6 is 46.4 Å². The van der Waals surface area contributed by atoms with Gasteiger partial charge in [0.15, 0.2) is 5.17 Å². The molecule has 0 heterocycles. The molecule has 88 valence electrons. The lowest BCUT2D eigenvalue weighted by molar-refractivity contribution is 0.146. The number of rotatable bonds is 5. The predicted molar refractivity (Wildman–Crippen MR) is 70.1 cm³/mol. The molecule has 0 unspecified atom stereocenters. The molecule has 0 aromatic heterocycles. The number of alkyl halides is 1. The molecule has 0 amide bonds. The molecule has 0 N–H and O–H groups in total. The van der Waals surface area contributed by atoms with Gasteiger partial charge in [0, 0.05) is 5.88 Å². The van der Waals surface area contributed by atoms with Crippen molar-refractivity contribution in [2.45, 2.75) is 6.42 Å². The fourth-order valence-corrected chi connectivity index (χ4v) is 2.00. The van der Waals surface area contributed by atoms with Crippen molar-refractivity contribution >= 4 is 51.6 Å². The molecule has 1 rings (SSSR count). The summed E-state index contributed by atoms with van der Waals surface area (Å²) in [6, 6.07) is 5.09. The van der Waals surface area contributed by atoms with E-state index < -0.39 is 0 Å². The van der Waals surface area contributed by atoms with Gasteiger partial charge in [-0.25, -0.2) is 0 Å². The summed E-state index contributed by atoms with van der Waals surface area (Å²) < 4.78 is 0. The Balaban J connectivity index is 2.75. The van der Waals surface area contributed by atoms with Gasteiger partial charge in [-0.05, 0) is 18.6 Å². The topological polar surface area (TPSA) is 21.6 Å². The molecule has 2 nitrogen and oxygen atoms in total. The van der Waals surface area contributed by atoms with E-state index in [-0.39, 0.29) is 5.17 Å². The molecule has 1 aromatic carbocycles. The van der Waals surface area contributed by atoms with Crippen LogP contribution < -0.4 is 0 Å². The van der Waals surface area contributed by atoms with Gasteiger partial charge < -0.3 is 4.84 Å². The number of hydrogen-bond donors (Lipinski definition) is 0. The van der Waals surface area contributed by atoms with Gasteiger partial charge >= 0.3 is 0 Å². The van der Waals surface area contributed by atoms with Gasteiger partial charge in [-0.3, -0.25) is 0 Å². The molecule has 0 aliphatic heterocycles. The van der Waals surface area contributed by atoms with E-state index in [2.05, 4.69) is 5.16 Å². The Labute approximate surface area is 114 Å². The lowest BCUT2D eigenvalue weighted by Gasteiger charge is -2.04. The summed E-state index contributed by atoms with van der Waals surface area (Å²) in [7, 11) is 0. The van der Waals surface area contributed by atoms with Crippen LogP contribution in [-0.2, 0) is 4.84 Å². The Morgan fingerprint density at radius 3 is 2.44 bits per heavy atom. The zero-order chi connectivity index (χ0) is 12.0. The molecule has 6 heteroatoms. The second kappa shape index (κ2) is 7.23. The van der Waals surface area contributed by atoms with Crippen LogP contribution in [0.2, 0.25) is 10.0 Å². The van der Waals surface area contributed by atoms with Crippen LogP contribution in [0.15, 0.2) is 23.4 Å². The van der Waals surface area contributed by atoms with E-state index in [1.165, 1.54) is 0 Å². The number of nitrogens with zero attached hydrogens (tertiary/aromatic N) is 1. The summed E-state index contributed by atoms with van der Waals surface area (Å²) in [4.78, 5) is 4.95. The van der Waals surface area contributed by atoms with E-state index in [9.17, 15) is 0 Å². The lowest BCUT2D eigenvalue weighted by atomic mass is 10.2. The Morgan fingerprint density at radius 2 is 1.88 bits per heavy atom. The monoisotopic (exact) mass is 299 g/mol. The van der Waals surface area contributed by atoms with Gasteiger partial charge in [-0.1, -0.05) is 46.0 Å². The van der Waals surface area contributed by atoms with Crippen molar-refractivity contribution < 1.29 is 4.84 Å². The highest BCUT2D eigenvalue weighted by Crippen LogP contribution is 2.26. The normalized spacial score (nSPS) is 11.6. The molecule has 0 saturated heterocycles. The van der Waals surface area contributed by atoms with Crippen LogP contribution in [0, 0.1) is 0 Å². The Hall–Kier alpha value is -0.150. The average molecular weight is 301 g/mol. The SMILES string of the molecule is ClCCCO/N=C(/Cl)c1c(Cl)cccc1Cl. The summed E-state index contributed by atoms with van der Waals surface area (Å²) in [6.45, 7) is 0.405. The van der Waals surface area contributed by atoms with Crippen LogP contribution in [0.4, 0.5) is 0 Å². The van der Waals surface area contributed by atoms with Crippen LogP contribution in [0.3, 0.4) is 0 Å². The van der Waals surface area contributed by atoms with Gasteiger partial charge in [0.25, 0.3) is 0 Å². The number of halogens is 4. The van der Waals surface area contributed by atoms with Gasteiger partial charge in [-0.15, -0.1) is 11.6 Å². The number of oxime groups is 1. The fraction of sp³-hybridized carbons (Fsp3) is 0.300. The third-order valence-electron chi connectivity index (χ3n) is 1.68. The predicted octanol–water partition coefficient (Wildman–Crippen LogP) is 4.54. The Morgan fingerprint density at radius 1 is 1.25 bits per heavy atom. The van der Waals surface area contributed by atoms with Crippen LogP contribution in [-0.4, -0.2) is 17.7 Å². The van der Waals surface area contributed by atoms with E-state index in [1.54, 1.807) is 18.2 Å². The fourth-order valence-electron chi connectivity index (χ4n) is 0.962. The lowest BCUT2D eigenvalue weighted by Crippen LogP contribution is -1.97. The number of hydrogen-bond acceptors (Lipinski definition) is 2. The molecule has 0 radical (unpaired) electrons. The van der Waals surface area contributed by atoms with Crippen molar-refractivity contribution in [1.82, 2.24) is 0 Å². The highest BCUT2D eigenvalue weighted by Gasteiger charge is 2.10. The summed E-state index contributed by atoms with van der Waals surface area (Å²) in [5.41, 5.74) is 0.471. The molecule has 0 fully saturated rings. The highest BCUT2D eigenvalue weighted by molar-refractivity contribution is 6.71. The molecular weight excluding hydrogens is 292 g/mol. The Kier molecular flexibility index (Phi) is 6.29. The van der Waals surface area contributed by atoms with Crippen molar-refractivity contribution in [2.75, 3.05) is 12.5 Å². The molecule has 0 saturated carbocycles. The van der Waals surface area contributed by atoms with E-state index in [4.69, 9.17) is 51.2 Å². The highest BCUT2D eigenvalue weighted by atomic mass is 35.5. The zero-order valence-electron chi connectivity index (χ0n) is 8.22. The largest absolute Gasteiger partial charge is 0.395 e. The first kappa shape index (κ1) is 13.9. The van der Waals surface area contributed by atoms with Gasteiger partial charge in [0.05, 0.1) is 15.6 Å². The molecule has 0 aliphatic rings. The quantitative estimate of drug-likeness (QED) is 0.339. The number of benzene rings is 1. The molecule has 0 spiro atoms. The minimum absolute atomic E-state index is 0.130. The molecule has 0 bridgehead atoms. The molecule has 1 aromatic rings. The van der Waals surface area contributed by atoms with Crippen molar-refractivity contribution in [3.05, 3.63) is 33.8 Å². The molecule has 0 atom stereocenters. The Bertz CT molecular complexity index is 361. The second-order valence-electron chi connectivity index (χ2n) is 2.85. The van der Waals surface area contributed by atoms with Crippen molar-refractivity contribution in [1.29, 1.82) is 0 Å². The van der Waals surface area contributed by atoms with Gasteiger partial charge in [-0.2, -0.15) is 0 Å². The van der Waals surface area contributed by atoms with E-state index in [0.717, 1.165) is 0 Å². The first-order valence-electron chi connectivity index (χ1n) is 4.52. The third-order valence-corrected chi connectivity index (χ3v) is 2.84. The summed E-state index contributed by atoms with van der Waals surface area (Å²) in [5, 5.41) is 4.70. The first-order valence-corrected chi connectivity index (χ1v) is 6.19. The third kappa shape index (κ3) is 4.02. The average Bonchev–Trinajstić information content (AvgIpc) is 2.24. The minimum atomic E-state index is 0.130. The van der Waals surface area contributed by atoms with Crippen LogP contribution in [0.25, 0.3) is 0 Å². The second-order valence-corrected chi connectivity index (χ2v) is 4.40. The summed E-state index contributed by atoms with van der Waals surface area (Å²) in [5.74, 6) is 0.514. The van der Waals surface area contributed by atoms with E-state index in [1.807, 2.05) is 0 Å². The van der Waals surface area contributed by atoms with Crippen molar-refractivity contribution in [2.24, 2.45) is 5.16 Å². The smallest absolute Gasteiger partial charge is 0.178 e. The zero-order valence-corrected chi connectivity index (χ0v) is 11.2. The molecular formula is C10H9Cl4NO. The summed E-state index contributed by atoms with van der Waals surface area (Å²) >= 11 is 23.3.